The largest absolute Gasteiger partial charge is 0.408 e. The molecule has 1 aromatic rings. The van der Waals surface area contributed by atoms with E-state index < -0.39 is 12.7 Å². The Morgan fingerprint density at radius 2 is 1.94 bits per heavy atom. The van der Waals surface area contributed by atoms with Crippen LogP contribution in [0.3, 0.4) is 0 Å². The summed E-state index contributed by atoms with van der Waals surface area (Å²) in [5, 5.41) is 3.76. The molecule has 0 bridgehead atoms. The minimum absolute atomic E-state index is 0.305. The number of aromatic nitrogens is 2. The Labute approximate surface area is 93.5 Å². The van der Waals surface area contributed by atoms with E-state index in [1.165, 1.54) is 6.20 Å². The van der Waals surface area contributed by atoms with Crippen molar-refractivity contribution >= 4 is 0 Å². The average Bonchev–Trinajstić information content (AvgIpc) is 2.95. The van der Waals surface area contributed by atoms with Crippen LogP contribution in [0.1, 0.15) is 43.9 Å². The Balaban J connectivity index is 0.000000606. The zero-order valence-electron chi connectivity index (χ0n) is 9.80. The fourth-order valence-electron chi connectivity index (χ4n) is 1.67. The van der Waals surface area contributed by atoms with E-state index in [0.29, 0.717) is 5.92 Å². The van der Waals surface area contributed by atoms with Crippen LogP contribution in [0.2, 0.25) is 0 Å². The second-order valence-corrected chi connectivity index (χ2v) is 3.76. The number of alkyl halides is 3. The molecule has 0 saturated heterocycles. The lowest BCUT2D eigenvalue weighted by molar-refractivity contribution is -0.143. The highest BCUT2D eigenvalue weighted by molar-refractivity contribution is 5.24. The summed E-state index contributed by atoms with van der Waals surface area (Å²) in [4.78, 5) is 0. The van der Waals surface area contributed by atoms with Gasteiger partial charge in [-0.25, -0.2) is 0 Å². The van der Waals surface area contributed by atoms with Gasteiger partial charge in [0, 0.05) is 11.6 Å². The SMILES string of the molecule is CC.Cc1cnn(CC(F)(F)F)c1C1CC1. The normalized spacial score (nSPS) is 15.6. The Hall–Kier alpha value is -1.00. The Kier molecular flexibility index (Phi) is 3.99. The molecule has 5 heteroatoms. The van der Waals surface area contributed by atoms with Crippen molar-refractivity contribution in [1.29, 1.82) is 0 Å². The second kappa shape index (κ2) is 4.89. The molecule has 2 nitrogen and oxygen atoms in total. The lowest BCUT2D eigenvalue weighted by atomic mass is 10.2. The van der Waals surface area contributed by atoms with Gasteiger partial charge in [0.15, 0.2) is 0 Å². The van der Waals surface area contributed by atoms with E-state index in [2.05, 4.69) is 5.10 Å². The number of aryl methyl sites for hydroxylation is 1. The molecule has 1 aliphatic carbocycles. The first kappa shape index (κ1) is 13.1. The maximum Gasteiger partial charge on any atom is 0.408 e. The van der Waals surface area contributed by atoms with Crippen LogP contribution >= 0.6 is 0 Å². The minimum atomic E-state index is -4.18. The zero-order chi connectivity index (χ0) is 12.3. The molecule has 0 atom stereocenters. The van der Waals surface area contributed by atoms with E-state index in [1.807, 2.05) is 20.8 Å². The smallest absolute Gasteiger partial charge is 0.260 e. The third-order valence-electron chi connectivity index (χ3n) is 2.37. The van der Waals surface area contributed by atoms with Crippen LogP contribution in [-0.2, 0) is 6.54 Å². The summed E-state index contributed by atoms with van der Waals surface area (Å²) in [5.74, 6) is 0.305. The molecule has 1 aromatic heterocycles. The highest BCUT2D eigenvalue weighted by atomic mass is 19.4. The summed E-state index contributed by atoms with van der Waals surface area (Å²) < 4.78 is 37.6. The maximum absolute atomic E-state index is 12.2. The van der Waals surface area contributed by atoms with E-state index >= 15 is 0 Å². The van der Waals surface area contributed by atoms with Crippen molar-refractivity contribution in [3.8, 4) is 0 Å². The average molecular weight is 234 g/mol. The van der Waals surface area contributed by atoms with E-state index in [9.17, 15) is 13.2 Å². The van der Waals surface area contributed by atoms with Gasteiger partial charge in [0.25, 0.3) is 0 Å². The van der Waals surface area contributed by atoms with Gasteiger partial charge in [-0.05, 0) is 25.3 Å². The predicted octanol–water partition coefficient (Wildman–Crippen LogP) is 3.66. The van der Waals surface area contributed by atoms with Gasteiger partial charge in [-0.2, -0.15) is 18.3 Å². The first-order chi connectivity index (χ1) is 7.47. The Morgan fingerprint density at radius 3 is 2.38 bits per heavy atom. The highest BCUT2D eigenvalue weighted by Crippen LogP contribution is 2.41. The van der Waals surface area contributed by atoms with Crippen molar-refractivity contribution in [2.24, 2.45) is 0 Å². The molecule has 0 unspecified atom stereocenters. The summed E-state index contributed by atoms with van der Waals surface area (Å²) in [5.41, 5.74) is 1.64. The maximum atomic E-state index is 12.2. The molecule has 92 valence electrons. The summed E-state index contributed by atoms with van der Waals surface area (Å²) in [7, 11) is 0. The lowest BCUT2D eigenvalue weighted by Gasteiger charge is -2.10. The number of halogens is 3. The van der Waals surface area contributed by atoms with E-state index in [0.717, 1.165) is 28.8 Å². The summed E-state index contributed by atoms with van der Waals surface area (Å²) in [6.07, 6.45) is -0.684. The number of hydrogen-bond acceptors (Lipinski definition) is 1. The molecule has 0 amide bonds. The van der Waals surface area contributed by atoms with Gasteiger partial charge in [-0.15, -0.1) is 0 Å². The predicted molar refractivity (Wildman–Crippen MR) is 56.3 cm³/mol. The first-order valence-electron chi connectivity index (χ1n) is 5.56. The van der Waals surface area contributed by atoms with E-state index in [4.69, 9.17) is 0 Å². The number of rotatable bonds is 2. The minimum Gasteiger partial charge on any atom is -0.260 e. The molecule has 1 heterocycles. The van der Waals surface area contributed by atoms with Crippen LogP contribution in [0.5, 0.6) is 0 Å². The van der Waals surface area contributed by atoms with Gasteiger partial charge in [-0.1, -0.05) is 13.8 Å². The highest BCUT2D eigenvalue weighted by Gasteiger charge is 2.34. The van der Waals surface area contributed by atoms with Crippen LogP contribution in [0.4, 0.5) is 13.2 Å². The fraction of sp³-hybridized carbons (Fsp3) is 0.727. The van der Waals surface area contributed by atoms with E-state index in [-0.39, 0.29) is 0 Å². The Morgan fingerprint density at radius 1 is 1.38 bits per heavy atom. The summed E-state index contributed by atoms with van der Waals surface area (Å²) >= 11 is 0. The quantitative estimate of drug-likeness (QED) is 0.763. The van der Waals surface area contributed by atoms with E-state index in [1.54, 1.807) is 0 Å². The first-order valence-corrected chi connectivity index (χ1v) is 5.56. The number of nitrogens with zero attached hydrogens (tertiary/aromatic N) is 2. The molecular weight excluding hydrogens is 217 g/mol. The van der Waals surface area contributed by atoms with Gasteiger partial charge in [-0.3, -0.25) is 4.68 Å². The van der Waals surface area contributed by atoms with Gasteiger partial charge >= 0.3 is 6.18 Å². The van der Waals surface area contributed by atoms with Crippen molar-refractivity contribution in [2.45, 2.75) is 52.3 Å². The van der Waals surface area contributed by atoms with Gasteiger partial charge in [0.1, 0.15) is 6.54 Å². The molecule has 0 N–H and O–H groups in total. The van der Waals surface area contributed by atoms with Crippen molar-refractivity contribution in [3.63, 3.8) is 0 Å². The molecule has 0 spiro atoms. The number of hydrogen-bond donors (Lipinski definition) is 0. The molecule has 1 aliphatic rings. The standard InChI is InChI=1S/C9H11F3N2.C2H6/c1-6-4-13-14(5-9(10,11)12)8(6)7-2-3-7;1-2/h4,7H,2-3,5H2,1H3;1-2H3. The zero-order valence-corrected chi connectivity index (χ0v) is 9.80. The lowest BCUT2D eigenvalue weighted by Crippen LogP contribution is -2.20. The van der Waals surface area contributed by atoms with Crippen LogP contribution in [0.15, 0.2) is 6.20 Å². The van der Waals surface area contributed by atoms with Crippen molar-refractivity contribution in [2.75, 3.05) is 0 Å². The third kappa shape index (κ3) is 3.25. The third-order valence-corrected chi connectivity index (χ3v) is 2.37. The Bertz CT molecular complexity index is 337. The van der Waals surface area contributed by atoms with Gasteiger partial charge < -0.3 is 0 Å². The molecule has 1 fully saturated rings. The molecule has 0 radical (unpaired) electrons. The van der Waals surface area contributed by atoms with Gasteiger partial charge in [0.2, 0.25) is 0 Å². The van der Waals surface area contributed by atoms with Crippen LogP contribution < -0.4 is 0 Å². The molecule has 2 rings (SSSR count). The molecule has 0 aromatic carbocycles. The van der Waals surface area contributed by atoms with Crippen LogP contribution in [0.25, 0.3) is 0 Å². The fourth-order valence-corrected chi connectivity index (χ4v) is 1.67. The van der Waals surface area contributed by atoms with Gasteiger partial charge in [0.05, 0.1) is 6.20 Å². The van der Waals surface area contributed by atoms with Crippen molar-refractivity contribution < 1.29 is 13.2 Å². The summed E-state index contributed by atoms with van der Waals surface area (Å²) in [6.45, 7) is 4.85. The van der Waals surface area contributed by atoms with Crippen molar-refractivity contribution in [3.05, 3.63) is 17.5 Å². The molecule has 16 heavy (non-hydrogen) atoms. The topological polar surface area (TPSA) is 17.8 Å². The molecular formula is C11H17F3N2. The van der Waals surface area contributed by atoms with Crippen LogP contribution in [-0.4, -0.2) is 16.0 Å². The monoisotopic (exact) mass is 234 g/mol. The summed E-state index contributed by atoms with van der Waals surface area (Å²) in [6, 6.07) is 0. The molecule has 0 aliphatic heterocycles. The second-order valence-electron chi connectivity index (χ2n) is 3.76. The molecule has 1 saturated carbocycles. The van der Waals surface area contributed by atoms with Crippen molar-refractivity contribution in [1.82, 2.24) is 9.78 Å². The van der Waals surface area contributed by atoms with Crippen LogP contribution in [0, 0.1) is 6.92 Å².